The molecule has 2 aliphatic rings. The number of amides is 1. The molecule has 2 fully saturated rings. The van der Waals surface area contributed by atoms with E-state index in [0.717, 1.165) is 75.0 Å². The van der Waals surface area contributed by atoms with Crippen molar-refractivity contribution in [1.82, 2.24) is 19.5 Å². The number of ether oxygens (including phenoxy) is 1. The van der Waals surface area contributed by atoms with E-state index in [9.17, 15) is 4.79 Å². The molecule has 0 spiro atoms. The summed E-state index contributed by atoms with van der Waals surface area (Å²) in [4.78, 5) is 21.5. The molecule has 8 heteroatoms. The lowest BCUT2D eigenvalue weighted by molar-refractivity contribution is 0.0711. The minimum atomic E-state index is 0.137. The summed E-state index contributed by atoms with van der Waals surface area (Å²) in [5.74, 6) is 1.33. The van der Waals surface area contributed by atoms with Gasteiger partial charge in [0.2, 0.25) is 0 Å². The molecule has 5 rings (SSSR count). The Morgan fingerprint density at radius 3 is 2.68 bits per heavy atom. The fourth-order valence-electron chi connectivity index (χ4n) is 3.98. The first kappa shape index (κ1) is 17.6. The van der Waals surface area contributed by atoms with Gasteiger partial charge in [-0.05, 0) is 36.4 Å². The predicted molar refractivity (Wildman–Crippen MR) is 108 cm³/mol. The summed E-state index contributed by atoms with van der Waals surface area (Å²) in [7, 11) is 0. The Balaban J connectivity index is 1.28. The molecule has 0 N–H and O–H groups in total. The Bertz CT molecular complexity index is 956. The van der Waals surface area contributed by atoms with Gasteiger partial charge in [0, 0.05) is 37.5 Å². The third kappa shape index (κ3) is 3.38. The van der Waals surface area contributed by atoms with Gasteiger partial charge < -0.3 is 14.5 Å². The Kier molecular flexibility index (Phi) is 4.74. The first-order valence-corrected chi connectivity index (χ1v) is 10.7. The molecular weight excluding hydrogens is 374 g/mol. The van der Waals surface area contributed by atoms with Crippen molar-refractivity contribution < 1.29 is 9.53 Å². The number of anilines is 1. The van der Waals surface area contributed by atoms with Crippen molar-refractivity contribution in [1.29, 1.82) is 0 Å². The van der Waals surface area contributed by atoms with Gasteiger partial charge in [0.1, 0.15) is 0 Å². The zero-order chi connectivity index (χ0) is 18.9. The van der Waals surface area contributed by atoms with Crippen LogP contribution in [0.5, 0.6) is 0 Å². The van der Waals surface area contributed by atoms with Crippen molar-refractivity contribution in [2.75, 3.05) is 44.3 Å². The van der Waals surface area contributed by atoms with E-state index in [1.54, 1.807) is 11.3 Å². The Hall–Kier alpha value is -2.45. The van der Waals surface area contributed by atoms with E-state index in [1.807, 2.05) is 32.3 Å². The molecule has 0 bridgehead atoms. The summed E-state index contributed by atoms with van der Waals surface area (Å²) in [6.45, 7) is 4.86. The van der Waals surface area contributed by atoms with Gasteiger partial charge in [-0.15, -0.1) is 0 Å². The maximum Gasteiger partial charge on any atom is 0.254 e. The lowest BCUT2D eigenvalue weighted by Gasteiger charge is -2.30. The lowest BCUT2D eigenvalue weighted by atomic mass is 9.96. The highest BCUT2D eigenvalue weighted by Crippen LogP contribution is 2.28. The Labute approximate surface area is 167 Å². The van der Waals surface area contributed by atoms with Crippen molar-refractivity contribution in [3.8, 4) is 0 Å². The zero-order valence-electron chi connectivity index (χ0n) is 15.7. The van der Waals surface area contributed by atoms with Crippen molar-refractivity contribution in [3.63, 3.8) is 0 Å². The molecule has 146 valence electrons. The van der Waals surface area contributed by atoms with Crippen LogP contribution in [0.25, 0.3) is 5.65 Å². The van der Waals surface area contributed by atoms with Crippen LogP contribution in [-0.2, 0) is 4.74 Å². The maximum absolute atomic E-state index is 12.5. The normalized spacial score (nSPS) is 18.7. The number of carbonyl (C=O) groups is 1. The summed E-state index contributed by atoms with van der Waals surface area (Å²) in [6, 6.07) is 6.05. The van der Waals surface area contributed by atoms with Crippen molar-refractivity contribution in [3.05, 3.63) is 46.5 Å². The molecule has 3 aromatic heterocycles. The molecule has 7 nitrogen and oxygen atoms in total. The number of pyridine rings is 1. The first-order valence-electron chi connectivity index (χ1n) is 9.78. The lowest BCUT2D eigenvalue weighted by Crippen LogP contribution is -2.37. The molecule has 0 atom stereocenters. The minimum absolute atomic E-state index is 0.137. The van der Waals surface area contributed by atoms with Crippen LogP contribution in [0.2, 0.25) is 0 Å². The van der Waals surface area contributed by atoms with E-state index in [4.69, 9.17) is 14.8 Å². The molecule has 0 aromatic carbocycles. The highest BCUT2D eigenvalue weighted by atomic mass is 32.1. The molecule has 2 saturated heterocycles. The van der Waals surface area contributed by atoms with E-state index < -0.39 is 0 Å². The molecule has 0 aliphatic carbocycles. The van der Waals surface area contributed by atoms with E-state index in [2.05, 4.69) is 17.2 Å². The zero-order valence-corrected chi connectivity index (χ0v) is 16.5. The molecule has 28 heavy (non-hydrogen) atoms. The Morgan fingerprint density at radius 1 is 1.11 bits per heavy atom. The quantitative estimate of drug-likeness (QED) is 0.680. The van der Waals surface area contributed by atoms with Crippen LogP contribution in [0, 0.1) is 0 Å². The van der Waals surface area contributed by atoms with Crippen LogP contribution in [0.15, 0.2) is 35.2 Å². The molecule has 0 unspecified atom stereocenters. The van der Waals surface area contributed by atoms with Crippen molar-refractivity contribution in [2.45, 2.75) is 18.8 Å². The number of piperidine rings is 1. The molecule has 1 amide bonds. The molecule has 3 aromatic rings. The van der Waals surface area contributed by atoms with Crippen LogP contribution in [0.1, 0.15) is 34.9 Å². The van der Waals surface area contributed by atoms with Gasteiger partial charge in [-0.1, -0.05) is 0 Å². The second-order valence-electron chi connectivity index (χ2n) is 7.34. The smallest absolute Gasteiger partial charge is 0.254 e. The number of nitrogens with zero attached hydrogens (tertiary/aromatic N) is 5. The van der Waals surface area contributed by atoms with Gasteiger partial charge in [0.15, 0.2) is 11.5 Å². The average molecular weight is 398 g/mol. The van der Waals surface area contributed by atoms with Crippen LogP contribution in [-0.4, -0.2) is 64.8 Å². The van der Waals surface area contributed by atoms with E-state index >= 15 is 0 Å². The number of rotatable bonds is 3. The minimum Gasteiger partial charge on any atom is -0.378 e. The predicted octanol–water partition coefficient (Wildman–Crippen LogP) is 2.65. The molecule has 0 saturated carbocycles. The highest BCUT2D eigenvalue weighted by molar-refractivity contribution is 7.08. The fourth-order valence-corrected chi connectivity index (χ4v) is 4.61. The summed E-state index contributed by atoms with van der Waals surface area (Å²) in [6.07, 6.45) is 3.87. The fraction of sp³-hybridized carbons (Fsp3) is 0.450. The summed E-state index contributed by atoms with van der Waals surface area (Å²) in [5.41, 5.74) is 2.83. The number of aromatic nitrogens is 3. The van der Waals surface area contributed by atoms with Crippen LogP contribution in [0.3, 0.4) is 0 Å². The number of likely N-dealkylation sites (tertiary alicyclic amines) is 1. The highest BCUT2D eigenvalue weighted by Gasteiger charge is 2.27. The van der Waals surface area contributed by atoms with E-state index in [-0.39, 0.29) is 5.91 Å². The second-order valence-corrected chi connectivity index (χ2v) is 8.12. The SMILES string of the molecule is O=C(c1ccsc1)N1CCC(c2nc3ccc(N4CCOCC4)cn3n2)CC1. The van der Waals surface area contributed by atoms with Gasteiger partial charge in [-0.3, -0.25) is 4.79 Å². The summed E-state index contributed by atoms with van der Waals surface area (Å²) >= 11 is 1.56. The average Bonchev–Trinajstić information content (AvgIpc) is 3.43. The van der Waals surface area contributed by atoms with Crippen molar-refractivity contribution >= 4 is 28.6 Å². The van der Waals surface area contributed by atoms with Gasteiger partial charge in [-0.25, -0.2) is 9.50 Å². The van der Waals surface area contributed by atoms with Crippen molar-refractivity contribution in [2.24, 2.45) is 0 Å². The number of carbonyl (C=O) groups excluding carboxylic acids is 1. The van der Waals surface area contributed by atoms with Gasteiger partial charge in [-0.2, -0.15) is 16.4 Å². The third-order valence-corrected chi connectivity index (χ3v) is 6.31. The summed E-state index contributed by atoms with van der Waals surface area (Å²) < 4.78 is 7.33. The van der Waals surface area contributed by atoms with Gasteiger partial charge in [0.25, 0.3) is 5.91 Å². The number of fused-ring (bicyclic) bond motifs is 1. The summed E-state index contributed by atoms with van der Waals surface area (Å²) in [5, 5.41) is 8.63. The largest absolute Gasteiger partial charge is 0.378 e. The van der Waals surface area contributed by atoms with E-state index in [1.165, 1.54) is 0 Å². The van der Waals surface area contributed by atoms with Crippen LogP contribution < -0.4 is 4.90 Å². The molecule has 5 heterocycles. The Morgan fingerprint density at radius 2 is 1.93 bits per heavy atom. The van der Waals surface area contributed by atoms with Crippen LogP contribution in [0.4, 0.5) is 5.69 Å². The second kappa shape index (κ2) is 7.52. The number of thiophene rings is 1. The van der Waals surface area contributed by atoms with Gasteiger partial charge in [0.05, 0.1) is 30.7 Å². The maximum atomic E-state index is 12.5. The topological polar surface area (TPSA) is 63.0 Å². The third-order valence-electron chi connectivity index (χ3n) is 5.62. The molecule has 2 aliphatic heterocycles. The number of hydrogen-bond donors (Lipinski definition) is 0. The number of morpholine rings is 1. The van der Waals surface area contributed by atoms with E-state index in [0.29, 0.717) is 5.92 Å². The van der Waals surface area contributed by atoms with Gasteiger partial charge >= 0.3 is 0 Å². The number of hydrogen-bond acceptors (Lipinski definition) is 6. The monoisotopic (exact) mass is 397 g/mol. The molecular formula is C20H23N5O2S. The first-order chi connectivity index (χ1) is 13.8. The van der Waals surface area contributed by atoms with Crippen LogP contribution >= 0.6 is 11.3 Å². The standard InChI is InChI=1S/C20H23N5O2S/c26-20(16-5-12-28-14-16)24-6-3-15(4-7-24)19-21-18-2-1-17(13-25(18)22-19)23-8-10-27-11-9-23/h1-2,5,12-15H,3-4,6-11H2. The molecule has 0 radical (unpaired) electrons.